The second kappa shape index (κ2) is 23.4. The molecule has 404 valence electrons. The second-order valence-electron chi connectivity index (χ2n) is 15.7. The minimum absolute atomic E-state index is 0.112. The summed E-state index contributed by atoms with van der Waals surface area (Å²) in [6, 6.07) is -4.90. The third-order valence-corrected chi connectivity index (χ3v) is 9.95. The van der Waals surface area contributed by atoms with Gasteiger partial charge in [-0.15, -0.1) is 0 Å². The van der Waals surface area contributed by atoms with Gasteiger partial charge in [0.15, 0.2) is 0 Å². The molecular weight excluding hydrogens is 1040 g/mol. The topological polar surface area (TPSA) is 178 Å². The number of carbonyl (C=O) groups is 6. The molecule has 0 radical (unpaired) electrons. The van der Waals surface area contributed by atoms with Gasteiger partial charge in [0.1, 0.15) is 18.1 Å². The number of nitrogens with zero attached hydrogens (tertiary/aromatic N) is 1. The first kappa shape index (κ1) is 60.5. The van der Waals surface area contributed by atoms with Crippen LogP contribution in [0.1, 0.15) is 85.2 Å². The molecule has 3 rings (SSSR count). The Hall–Kier alpha value is -6.82. The van der Waals surface area contributed by atoms with Crippen LogP contribution in [0.4, 0.5) is 79.0 Å². The Morgan fingerprint density at radius 1 is 0.356 bits per heavy atom. The molecule has 6 N–H and O–H groups in total. The zero-order valence-corrected chi connectivity index (χ0v) is 37.4. The Labute approximate surface area is 399 Å². The van der Waals surface area contributed by atoms with Crippen LogP contribution >= 0.6 is 0 Å². The van der Waals surface area contributed by atoms with Gasteiger partial charge in [0, 0.05) is 56.0 Å². The van der Waals surface area contributed by atoms with Gasteiger partial charge in [-0.3, -0.25) is 33.7 Å². The average Bonchev–Trinajstić information content (AvgIpc) is 3.26. The predicted octanol–water partition coefficient (Wildman–Crippen LogP) is 7.21. The number of benzene rings is 3. The molecule has 0 aromatic heterocycles. The van der Waals surface area contributed by atoms with Crippen molar-refractivity contribution in [2.24, 2.45) is 0 Å². The lowest BCUT2D eigenvalue weighted by atomic mass is 10.0. The monoisotopic (exact) mass is 1080 g/mol. The van der Waals surface area contributed by atoms with Crippen LogP contribution in [0, 0.1) is 0 Å². The lowest BCUT2D eigenvalue weighted by Crippen LogP contribution is -2.50. The van der Waals surface area contributed by atoms with E-state index in [4.69, 9.17) is 0 Å². The average molecular weight is 1080 g/mol. The third-order valence-electron chi connectivity index (χ3n) is 9.95. The molecular formula is C42H39F18N7O6. The summed E-state index contributed by atoms with van der Waals surface area (Å²) in [5.74, 6) is -7.74. The molecule has 0 fully saturated rings. The maximum absolute atomic E-state index is 13.3. The first-order valence-electron chi connectivity index (χ1n) is 20.5. The van der Waals surface area contributed by atoms with E-state index >= 15 is 0 Å². The number of hydrogen-bond acceptors (Lipinski definition) is 7. The van der Waals surface area contributed by atoms with Gasteiger partial charge in [0.05, 0.1) is 33.4 Å². The summed E-state index contributed by atoms with van der Waals surface area (Å²) >= 11 is 0. The molecule has 0 heterocycles. The maximum Gasteiger partial charge on any atom is 0.416 e. The van der Waals surface area contributed by atoms with Gasteiger partial charge in [-0.05, 0) is 75.4 Å². The van der Waals surface area contributed by atoms with Crippen LogP contribution in [0.2, 0.25) is 0 Å². The lowest BCUT2D eigenvalue weighted by Gasteiger charge is -2.24. The molecule has 73 heavy (non-hydrogen) atoms. The Bertz CT molecular complexity index is 2140. The van der Waals surface area contributed by atoms with Crippen molar-refractivity contribution in [3.05, 3.63) is 105 Å². The third kappa shape index (κ3) is 18.3. The van der Waals surface area contributed by atoms with E-state index in [-0.39, 0.29) is 74.2 Å². The van der Waals surface area contributed by atoms with Gasteiger partial charge in [-0.25, -0.2) is 0 Å². The highest BCUT2D eigenvalue weighted by molar-refractivity contribution is 5.99. The largest absolute Gasteiger partial charge is 0.416 e. The van der Waals surface area contributed by atoms with E-state index in [9.17, 15) is 108 Å². The molecule has 3 aromatic carbocycles. The first-order chi connectivity index (χ1) is 33.2. The molecule has 31 heteroatoms. The van der Waals surface area contributed by atoms with Crippen LogP contribution in [0.15, 0.2) is 54.6 Å². The van der Waals surface area contributed by atoms with Crippen LogP contribution in [-0.4, -0.2) is 97.7 Å². The van der Waals surface area contributed by atoms with Crippen molar-refractivity contribution >= 4 is 35.4 Å². The number of halogens is 18. The summed E-state index contributed by atoms with van der Waals surface area (Å²) in [7, 11) is 0. The van der Waals surface area contributed by atoms with E-state index in [1.165, 1.54) is 4.90 Å². The standard InChI is InChI=1S/C42H39F18N7O6/c1-19(64-34(71)22-10-25(37(43,44)45)16-26(11-22)38(46,47)48)31(68)61-4-7-67(8-5-62-32(69)20(2)65-35(72)23-12-27(39(49,50)51)17-28(13-23)40(52,53)54)9-6-63-33(70)21(3)66-36(73)24-14-29(41(55,56)57)18-30(15-24)42(58,59)60/h10-21H,4-9H2,1-3H3,(H,61,68)(H,62,69)(H,63,70)(H,64,71)(H,65,72)(H,66,73)/t19-,20-,21-/m0/s1. The molecule has 6 amide bonds. The number of alkyl halides is 18. The number of amides is 6. The van der Waals surface area contributed by atoms with Crippen molar-refractivity contribution in [3.63, 3.8) is 0 Å². The van der Waals surface area contributed by atoms with E-state index in [1.807, 2.05) is 16.0 Å². The zero-order valence-electron chi connectivity index (χ0n) is 37.4. The van der Waals surface area contributed by atoms with E-state index in [0.717, 1.165) is 20.8 Å². The summed E-state index contributed by atoms with van der Waals surface area (Å²) in [6.07, 6.45) is -31.9. The van der Waals surface area contributed by atoms with Gasteiger partial charge in [-0.2, -0.15) is 79.0 Å². The van der Waals surface area contributed by atoms with Gasteiger partial charge < -0.3 is 31.9 Å². The van der Waals surface area contributed by atoms with Crippen LogP contribution in [0.25, 0.3) is 0 Å². The number of carbonyl (C=O) groups excluding carboxylic acids is 6. The number of nitrogens with one attached hydrogen (secondary N) is 6. The normalized spacial score (nSPS) is 13.9. The van der Waals surface area contributed by atoms with Crippen molar-refractivity contribution < 1.29 is 108 Å². The predicted molar refractivity (Wildman–Crippen MR) is 216 cm³/mol. The molecule has 0 aliphatic rings. The number of hydrogen-bond donors (Lipinski definition) is 6. The van der Waals surface area contributed by atoms with Crippen LogP contribution < -0.4 is 31.9 Å². The fourth-order valence-electron chi connectivity index (χ4n) is 6.10. The highest BCUT2D eigenvalue weighted by atomic mass is 19.4. The zero-order chi connectivity index (χ0) is 55.8. The van der Waals surface area contributed by atoms with Crippen LogP contribution in [0.3, 0.4) is 0 Å². The Morgan fingerprint density at radius 2 is 0.534 bits per heavy atom. The second-order valence-corrected chi connectivity index (χ2v) is 15.7. The lowest BCUT2D eigenvalue weighted by molar-refractivity contribution is -0.144. The molecule has 0 bridgehead atoms. The van der Waals surface area contributed by atoms with Gasteiger partial charge in [-0.1, -0.05) is 0 Å². The molecule has 0 saturated carbocycles. The molecule has 0 spiro atoms. The maximum atomic E-state index is 13.3. The van der Waals surface area contributed by atoms with Crippen molar-refractivity contribution in [3.8, 4) is 0 Å². The van der Waals surface area contributed by atoms with Crippen molar-refractivity contribution in [1.29, 1.82) is 0 Å². The van der Waals surface area contributed by atoms with Crippen molar-refractivity contribution in [2.75, 3.05) is 39.3 Å². The van der Waals surface area contributed by atoms with Crippen LogP contribution in [-0.2, 0) is 51.4 Å². The summed E-state index contributed by atoms with van der Waals surface area (Å²) in [5, 5.41) is 12.7. The minimum Gasteiger partial charge on any atom is -0.353 e. The molecule has 0 saturated heterocycles. The molecule has 13 nitrogen and oxygen atoms in total. The van der Waals surface area contributed by atoms with Crippen LogP contribution in [0.5, 0.6) is 0 Å². The highest BCUT2D eigenvalue weighted by Crippen LogP contribution is 2.39. The molecule has 3 atom stereocenters. The van der Waals surface area contributed by atoms with E-state index < -0.39 is 160 Å². The number of rotatable bonds is 18. The SMILES string of the molecule is C[C@H](NC(=O)c1cc(C(F)(F)F)cc(C(F)(F)F)c1)C(=O)NCCN(CCNC(=O)[C@H](C)NC(=O)c1cc(C(F)(F)F)cc(C(F)(F)F)c1)CCNC(=O)[C@H](C)NC(=O)c1cc(C(F)(F)F)cc(C(F)(F)F)c1. The van der Waals surface area contributed by atoms with E-state index in [2.05, 4.69) is 16.0 Å². The molecule has 3 aromatic rings. The summed E-state index contributed by atoms with van der Waals surface area (Å²) in [5.41, 5.74) is -14.3. The molecule has 0 aliphatic heterocycles. The van der Waals surface area contributed by atoms with Crippen molar-refractivity contribution in [2.45, 2.75) is 76.0 Å². The van der Waals surface area contributed by atoms with Gasteiger partial charge >= 0.3 is 37.1 Å². The minimum atomic E-state index is -5.31. The Balaban J connectivity index is 1.72. The summed E-state index contributed by atoms with van der Waals surface area (Å²) in [6.45, 7) is 0.963. The van der Waals surface area contributed by atoms with Crippen molar-refractivity contribution in [1.82, 2.24) is 36.8 Å². The summed E-state index contributed by atoms with van der Waals surface area (Å²) < 4.78 is 240. The fourth-order valence-corrected chi connectivity index (χ4v) is 6.10. The summed E-state index contributed by atoms with van der Waals surface area (Å²) in [4.78, 5) is 77.9. The smallest absolute Gasteiger partial charge is 0.353 e. The van der Waals surface area contributed by atoms with Gasteiger partial charge in [0.25, 0.3) is 17.7 Å². The first-order valence-corrected chi connectivity index (χ1v) is 20.5. The van der Waals surface area contributed by atoms with E-state index in [1.54, 1.807) is 0 Å². The Kier molecular flexibility index (Phi) is 19.4. The van der Waals surface area contributed by atoms with Gasteiger partial charge in [0.2, 0.25) is 17.7 Å². The Morgan fingerprint density at radius 3 is 0.699 bits per heavy atom. The highest BCUT2D eigenvalue weighted by Gasteiger charge is 2.41. The quantitative estimate of drug-likeness (QED) is 0.0730. The molecule has 0 unspecified atom stereocenters. The fraction of sp³-hybridized carbons (Fsp3) is 0.429. The van der Waals surface area contributed by atoms with E-state index in [0.29, 0.717) is 0 Å². The molecule has 0 aliphatic carbocycles.